The number of anilines is 1. The van der Waals surface area contributed by atoms with Crippen LogP contribution in [0.4, 0.5) is 5.69 Å². The van der Waals surface area contributed by atoms with Crippen LogP contribution in [-0.4, -0.2) is 32.1 Å². The van der Waals surface area contributed by atoms with Crippen molar-refractivity contribution in [3.8, 4) is 0 Å². The van der Waals surface area contributed by atoms with E-state index in [9.17, 15) is 9.59 Å². The monoisotopic (exact) mass is 314 g/mol. The van der Waals surface area contributed by atoms with Crippen LogP contribution in [0.2, 0.25) is 0 Å². The number of unbranched alkanes of at least 4 members (excludes halogenated alkanes) is 2. The Hall–Kier alpha value is -1.59. The zero-order chi connectivity index (χ0) is 14.8. The van der Waals surface area contributed by atoms with Gasteiger partial charge in [0.25, 0.3) is 0 Å². The van der Waals surface area contributed by atoms with Gasteiger partial charge >= 0.3 is 5.97 Å². The normalized spacial score (nSPS) is 9.62. The van der Waals surface area contributed by atoms with E-state index < -0.39 is 0 Å². The Bertz CT molecular complexity index is 435. The highest BCUT2D eigenvalue weighted by Crippen LogP contribution is 2.10. The maximum atomic E-state index is 11.7. The standard InChI is InChI=1S/C15H22N2O3.ClH/c1-3-4-5-10-20-15(19)12-6-8-13(9-7-12)17-14(18)11-16-2;/h6-9,16H,3-5,10-11H2,1-2H3,(H,17,18);1H. The molecule has 21 heavy (non-hydrogen) atoms. The van der Waals surface area contributed by atoms with Crippen LogP contribution in [0.1, 0.15) is 36.5 Å². The number of carbonyl (C=O) groups excluding carboxylic acids is 2. The molecule has 0 heterocycles. The highest BCUT2D eigenvalue weighted by atomic mass is 35.5. The van der Waals surface area contributed by atoms with Gasteiger partial charge in [-0.05, 0) is 37.7 Å². The number of esters is 1. The van der Waals surface area contributed by atoms with Crippen LogP contribution in [-0.2, 0) is 9.53 Å². The second-order valence-corrected chi connectivity index (χ2v) is 4.50. The smallest absolute Gasteiger partial charge is 0.338 e. The maximum absolute atomic E-state index is 11.7. The van der Waals surface area contributed by atoms with Crippen LogP contribution >= 0.6 is 12.4 Å². The molecule has 0 aromatic heterocycles. The predicted octanol–water partition coefficient (Wildman–Crippen LogP) is 2.61. The van der Waals surface area contributed by atoms with Gasteiger partial charge in [-0.25, -0.2) is 4.79 Å². The van der Waals surface area contributed by atoms with Gasteiger partial charge in [0.1, 0.15) is 0 Å². The summed E-state index contributed by atoms with van der Waals surface area (Å²) in [6, 6.07) is 6.68. The first-order chi connectivity index (χ1) is 9.67. The highest BCUT2D eigenvalue weighted by molar-refractivity contribution is 5.93. The maximum Gasteiger partial charge on any atom is 0.338 e. The second kappa shape index (κ2) is 11.1. The number of hydrogen-bond acceptors (Lipinski definition) is 4. The lowest BCUT2D eigenvalue weighted by Crippen LogP contribution is -2.25. The molecule has 0 aliphatic carbocycles. The summed E-state index contributed by atoms with van der Waals surface area (Å²) in [6.45, 7) is 2.80. The van der Waals surface area contributed by atoms with E-state index in [1.807, 2.05) is 0 Å². The number of likely N-dealkylation sites (N-methyl/N-ethyl adjacent to an activating group) is 1. The fraction of sp³-hybridized carbons (Fsp3) is 0.467. The van der Waals surface area contributed by atoms with Gasteiger partial charge in [0.15, 0.2) is 0 Å². The molecule has 1 aromatic rings. The lowest BCUT2D eigenvalue weighted by molar-refractivity contribution is -0.115. The summed E-state index contributed by atoms with van der Waals surface area (Å²) in [5.74, 6) is -0.448. The van der Waals surface area contributed by atoms with Crippen LogP contribution in [0.25, 0.3) is 0 Å². The van der Waals surface area contributed by atoms with Crippen LogP contribution < -0.4 is 10.6 Å². The molecule has 0 aliphatic heterocycles. The van der Waals surface area contributed by atoms with Crippen LogP contribution in [0.3, 0.4) is 0 Å². The zero-order valence-electron chi connectivity index (χ0n) is 12.5. The molecule has 1 rings (SSSR count). The first-order valence-electron chi connectivity index (χ1n) is 6.89. The minimum Gasteiger partial charge on any atom is -0.462 e. The summed E-state index contributed by atoms with van der Waals surface area (Å²) in [6.07, 6.45) is 3.04. The van der Waals surface area contributed by atoms with Crippen molar-refractivity contribution in [3.05, 3.63) is 29.8 Å². The zero-order valence-corrected chi connectivity index (χ0v) is 13.3. The van der Waals surface area contributed by atoms with E-state index in [2.05, 4.69) is 17.6 Å². The van der Waals surface area contributed by atoms with E-state index in [1.165, 1.54) is 0 Å². The van der Waals surface area contributed by atoms with Gasteiger partial charge in [-0.15, -0.1) is 12.4 Å². The van der Waals surface area contributed by atoms with E-state index in [0.29, 0.717) is 17.9 Å². The Morgan fingerprint density at radius 1 is 1.14 bits per heavy atom. The van der Waals surface area contributed by atoms with Crippen molar-refractivity contribution in [1.82, 2.24) is 5.32 Å². The first-order valence-corrected chi connectivity index (χ1v) is 6.89. The average molecular weight is 315 g/mol. The number of amides is 1. The minimum atomic E-state index is -0.325. The number of ether oxygens (including phenoxy) is 1. The Morgan fingerprint density at radius 2 is 1.81 bits per heavy atom. The van der Waals surface area contributed by atoms with Crippen molar-refractivity contribution in [2.75, 3.05) is 25.5 Å². The predicted molar refractivity (Wildman–Crippen MR) is 86.1 cm³/mol. The van der Waals surface area contributed by atoms with E-state index in [-0.39, 0.29) is 30.8 Å². The SMILES string of the molecule is CCCCCOC(=O)c1ccc(NC(=O)CNC)cc1.Cl. The summed E-state index contributed by atoms with van der Waals surface area (Å²) in [5.41, 5.74) is 1.15. The average Bonchev–Trinajstić information content (AvgIpc) is 2.44. The summed E-state index contributed by atoms with van der Waals surface area (Å²) >= 11 is 0. The highest BCUT2D eigenvalue weighted by Gasteiger charge is 2.07. The van der Waals surface area contributed by atoms with E-state index >= 15 is 0 Å². The van der Waals surface area contributed by atoms with Crippen molar-refractivity contribution in [2.24, 2.45) is 0 Å². The third-order valence-corrected chi connectivity index (χ3v) is 2.72. The van der Waals surface area contributed by atoms with Gasteiger partial charge in [0.05, 0.1) is 18.7 Å². The van der Waals surface area contributed by atoms with Crippen molar-refractivity contribution in [3.63, 3.8) is 0 Å². The van der Waals surface area contributed by atoms with Gasteiger partial charge in [-0.1, -0.05) is 19.8 Å². The molecule has 118 valence electrons. The Balaban J connectivity index is 0.00000400. The topological polar surface area (TPSA) is 67.4 Å². The fourth-order valence-electron chi connectivity index (χ4n) is 1.66. The van der Waals surface area contributed by atoms with Gasteiger partial charge in [0, 0.05) is 5.69 Å². The fourth-order valence-corrected chi connectivity index (χ4v) is 1.66. The van der Waals surface area contributed by atoms with Crippen molar-refractivity contribution < 1.29 is 14.3 Å². The molecule has 0 radical (unpaired) electrons. The van der Waals surface area contributed by atoms with E-state index in [0.717, 1.165) is 19.3 Å². The molecule has 0 spiro atoms. The van der Waals surface area contributed by atoms with Gasteiger partial charge < -0.3 is 15.4 Å². The molecule has 6 heteroatoms. The molecule has 0 unspecified atom stereocenters. The number of hydrogen-bond donors (Lipinski definition) is 2. The molecule has 0 atom stereocenters. The number of rotatable bonds is 8. The van der Waals surface area contributed by atoms with Gasteiger partial charge in [0.2, 0.25) is 5.91 Å². The Labute approximate surface area is 131 Å². The molecule has 0 saturated heterocycles. The Kier molecular flexibility index (Phi) is 10.3. The number of halogens is 1. The molecule has 1 aromatic carbocycles. The van der Waals surface area contributed by atoms with Crippen LogP contribution in [0.5, 0.6) is 0 Å². The number of nitrogens with one attached hydrogen (secondary N) is 2. The summed E-state index contributed by atoms with van der Waals surface area (Å²) in [5, 5.41) is 5.48. The molecule has 0 bridgehead atoms. The third-order valence-electron chi connectivity index (χ3n) is 2.72. The molecule has 0 saturated carbocycles. The summed E-state index contributed by atoms with van der Waals surface area (Å²) < 4.78 is 5.15. The largest absolute Gasteiger partial charge is 0.462 e. The van der Waals surface area contributed by atoms with Crippen LogP contribution in [0.15, 0.2) is 24.3 Å². The first kappa shape index (κ1) is 19.4. The molecule has 0 aliphatic rings. The third kappa shape index (κ3) is 7.68. The van der Waals surface area contributed by atoms with Gasteiger partial charge in [-0.2, -0.15) is 0 Å². The second-order valence-electron chi connectivity index (χ2n) is 4.50. The van der Waals surface area contributed by atoms with E-state index in [4.69, 9.17) is 4.74 Å². The lowest BCUT2D eigenvalue weighted by atomic mass is 10.2. The number of benzene rings is 1. The molecule has 0 fully saturated rings. The molecular weight excluding hydrogens is 292 g/mol. The lowest BCUT2D eigenvalue weighted by Gasteiger charge is -2.07. The minimum absolute atomic E-state index is 0. The van der Waals surface area contributed by atoms with Crippen molar-refractivity contribution in [1.29, 1.82) is 0 Å². The molecule has 5 nitrogen and oxygen atoms in total. The number of carbonyl (C=O) groups is 2. The van der Waals surface area contributed by atoms with Crippen molar-refractivity contribution in [2.45, 2.75) is 26.2 Å². The molecule has 2 N–H and O–H groups in total. The Morgan fingerprint density at radius 3 is 2.38 bits per heavy atom. The molecule has 1 amide bonds. The summed E-state index contributed by atoms with van der Waals surface area (Å²) in [7, 11) is 1.71. The van der Waals surface area contributed by atoms with Crippen LogP contribution in [0, 0.1) is 0 Å². The molecular formula is C15H23ClN2O3. The van der Waals surface area contributed by atoms with Gasteiger partial charge in [-0.3, -0.25) is 4.79 Å². The summed E-state index contributed by atoms with van der Waals surface area (Å²) in [4.78, 5) is 23.1. The quantitative estimate of drug-likeness (QED) is 0.572. The van der Waals surface area contributed by atoms with Crippen molar-refractivity contribution >= 4 is 30.0 Å². The van der Waals surface area contributed by atoms with E-state index in [1.54, 1.807) is 31.3 Å².